The number of benzene rings is 2. The maximum absolute atomic E-state index is 4.59. The minimum atomic E-state index is 0.808. The number of anilines is 2. The van der Waals surface area contributed by atoms with Crippen LogP contribution in [0, 0.1) is 0 Å². The van der Waals surface area contributed by atoms with Crippen molar-refractivity contribution >= 4 is 28.4 Å². The molecule has 2 aromatic rings. The van der Waals surface area contributed by atoms with E-state index >= 15 is 0 Å². The summed E-state index contributed by atoms with van der Waals surface area (Å²) < 4.78 is 0. The number of allylic oxidation sites excluding steroid dienone is 3. The standard InChI is InChI=1S/C22H28N4/c1-23-15-7-3-4-8-16-24-25(2)21-13-14-22(26-17-9-10-18-26)20-12-6-5-11-19(20)21/h3-7,11-16,23H,8-10,17-18H2,1-2H3/b4-3-,15-7-,24-16+. The van der Waals surface area contributed by atoms with Gasteiger partial charge in [0.2, 0.25) is 0 Å². The number of rotatable bonds is 7. The molecule has 0 aliphatic carbocycles. The van der Waals surface area contributed by atoms with Crippen molar-refractivity contribution in [3.05, 3.63) is 60.8 Å². The van der Waals surface area contributed by atoms with E-state index in [4.69, 9.17) is 0 Å². The molecule has 0 amide bonds. The van der Waals surface area contributed by atoms with Crippen LogP contribution in [-0.4, -0.2) is 33.4 Å². The summed E-state index contributed by atoms with van der Waals surface area (Å²) >= 11 is 0. The summed E-state index contributed by atoms with van der Waals surface area (Å²) in [6.07, 6.45) is 13.3. The summed E-state index contributed by atoms with van der Waals surface area (Å²) in [6, 6.07) is 13.1. The van der Waals surface area contributed by atoms with Crippen LogP contribution in [-0.2, 0) is 0 Å². The fourth-order valence-corrected chi connectivity index (χ4v) is 3.38. The molecule has 26 heavy (non-hydrogen) atoms. The molecule has 136 valence electrons. The molecule has 1 N–H and O–H groups in total. The van der Waals surface area contributed by atoms with Crippen LogP contribution in [0.2, 0.25) is 0 Å². The molecule has 1 aliphatic rings. The lowest BCUT2D eigenvalue weighted by Gasteiger charge is -2.23. The first-order valence-corrected chi connectivity index (χ1v) is 9.33. The molecular formula is C22H28N4. The van der Waals surface area contributed by atoms with Crippen LogP contribution < -0.4 is 15.2 Å². The number of hydrogen-bond donors (Lipinski definition) is 1. The average Bonchev–Trinajstić information content (AvgIpc) is 3.21. The third kappa shape index (κ3) is 4.26. The van der Waals surface area contributed by atoms with Gasteiger partial charge in [-0.3, -0.25) is 5.01 Å². The topological polar surface area (TPSA) is 30.9 Å². The molecule has 1 heterocycles. The lowest BCUT2D eigenvalue weighted by Crippen LogP contribution is -2.18. The van der Waals surface area contributed by atoms with E-state index in [9.17, 15) is 0 Å². The van der Waals surface area contributed by atoms with E-state index in [1.807, 2.05) is 43.7 Å². The molecule has 0 aromatic heterocycles. The molecule has 1 saturated heterocycles. The molecule has 0 unspecified atom stereocenters. The van der Waals surface area contributed by atoms with Crippen molar-refractivity contribution in [3.8, 4) is 0 Å². The Morgan fingerprint density at radius 3 is 2.62 bits per heavy atom. The van der Waals surface area contributed by atoms with E-state index in [0.29, 0.717) is 0 Å². The van der Waals surface area contributed by atoms with Crippen LogP contribution in [0.4, 0.5) is 11.4 Å². The summed E-state index contributed by atoms with van der Waals surface area (Å²) in [6.45, 7) is 2.32. The lowest BCUT2D eigenvalue weighted by atomic mass is 10.1. The van der Waals surface area contributed by atoms with Crippen molar-refractivity contribution in [1.29, 1.82) is 0 Å². The van der Waals surface area contributed by atoms with Gasteiger partial charge in [-0.1, -0.05) is 36.4 Å². The highest BCUT2D eigenvalue weighted by Crippen LogP contribution is 2.35. The van der Waals surface area contributed by atoms with Crippen LogP contribution >= 0.6 is 0 Å². The maximum Gasteiger partial charge on any atom is 0.0670 e. The van der Waals surface area contributed by atoms with E-state index in [1.54, 1.807) is 0 Å². The van der Waals surface area contributed by atoms with E-state index in [-0.39, 0.29) is 0 Å². The van der Waals surface area contributed by atoms with Crippen LogP contribution in [0.25, 0.3) is 10.8 Å². The molecule has 2 aromatic carbocycles. The molecule has 4 heteroatoms. The van der Waals surface area contributed by atoms with Crippen LogP contribution in [0.1, 0.15) is 19.3 Å². The fourth-order valence-electron chi connectivity index (χ4n) is 3.38. The zero-order valence-corrected chi connectivity index (χ0v) is 15.7. The van der Waals surface area contributed by atoms with Crippen molar-refractivity contribution in [2.24, 2.45) is 5.10 Å². The van der Waals surface area contributed by atoms with Crippen molar-refractivity contribution in [2.75, 3.05) is 37.1 Å². The van der Waals surface area contributed by atoms with Crippen molar-refractivity contribution in [3.63, 3.8) is 0 Å². The van der Waals surface area contributed by atoms with E-state index in [1.165, 1.54) is 29.3 Å². The second kappa shape index (κ2) is 9.09. The molecule has 0 atom stereocenters. The minimum Gasteiger partial charge on any atom is -0.394 e. The molecular weight excluding hydrogens is 320 g/mol. The fraction of sp³-hybridized carbons (Fsp3) is 0.318. The zero-order valence-electron chi connectivity index (χ0n) is 15.7. The summed E-state index contributed by atoms with van der Waals surface area (Å²) in [5.74, 6) is 0. The van der Waals surface area contributed by atoms with Gasteiger partial charge in [-0.25, -0.2) is 0 Å². The van der Waals surface area contributed by atoms with Gasteiger partial charge in [-0.05, 0) is 37.3 Å². The number of nitrogens with zero attached hydrogens (tertiary/aromatic N) is 3. The molecule has 1 aliphatic heterocycles. The monoisotopic (exact) mass is 348 g/mol. The average molecular weight is 348 g/mol. The van der Waals surface area contributed by atoms with Gasteiger partial charge in [0.1, 0.15) is 0 Å². The number of fused-ring (bicyclic) bond motifs is 1. The first kappa shape index (κ1) is 18.1. The van der Waals surface area contributed by atoms with Crippen LogP contribution in [0.5, 0.6) is 0 Å². The van der Waals surface area contributed by atoms with Crippen LogP contribution in [0.15, 0.2) is 65.9 Å². The van der Waals surface area contributed by atoms with E-state index < -0.39 is 0 Å². The van der Waals surface area contributed by atoms with E-state index in [2.05, 4.69) is 57.8 Å². The predicted molar refractivity (Wildman–Crippen MR) is 114 cm³/mol. The van der Waals surface area contributed by atoms with Gasteiger partial charge in [0.25, 0.3) is 0 Å². The summed E-state index contributed by atoms with van der Waals surface area (Å²) in [7, 11) is 3.90. The highest BCUT2D eigenvalue weighted by Gasteiger charge is 2.16. The first-order valence-electron chi connectivity index (χ1n) is 9.33. The van der Waals surface area contributed by atoms with Crippen molar-refractivity contribution in [2.45, 2.75) is 19.3 Å². The Hall–Kier alpha value is -2.75. The number of hydrazone groups is 1. The van der Waals surface area contributed by atoms with Gasteiger partial charge in [0.05, 0.1) is 5.69 Å². The minimum absolute atomic E-state index is 0.808. The first-order chi connectivity index (χ1) is 12.8. The second-order valence-corrected chi connectivity index (χ2v) is 6.48. The van der Waals surface area contributed by atoms with Gasteiger partial charge < -0.3 is 10.2 Å². The summed E-state index contributed by atoms with van der Waals surface area (Å²) in [5.41, 5.74) is 2.48. The number of nitrogens with one attached hydrogen (secondary N) is 1. The highest BCUT2D eigenvalue weighted by molar-refractivity contribution is 6.02. The maximum atomic E-state index is 4.59. The molecule has 4 nitrogen and oxygen atoms in total. The summed E-state index contributed by atoms with van der Waals surface area (Å²) in [4.78, 5) is 2.50. The third-order valence-corrected chi connectivity index (χ3v) is 4.68. The van der Waals surface area contributed by atoms with Gasteiger partial charge in [-0.2, -0.15) is 5.10 Å². The van der Waals surface area contributed by atoms with Gasteiger partial charge in [0.15, 0.2) is 0 Å². The van der Waals surface area contributed by atoms with E-state index in [0.717, 1.165) is 25.2 Å². The lowest BCUT2D eigenvalue weighted by molar-refractivity contribution is 0.949. The molecule has 0 spiro atoms. The molecule has 1 fully saturated rings. The Balaban J connectivity index is 1.78. The Bertz CT molecular complexity index is 801. The molecule has 0 bridgehead atoms. The largest absolute Gasteiger partial charge is 0.394 e. The Morgan fingerprint density at radius 2 is 1.85 bits per heavy atom. The Morgan fingerprint density at radius 1 is 1.08 bits per heavy atom. The third-order valence-electron chi connectivity index (χ3n) is 4.68. The second-order valence-electron chi connectivity index (χ2n) is 6.48. The molecule has 3 rings (SSSR count). The summed E-state index contributed by atoms with van der Waals surface area (Å²) in [5, 5.41) is 12.1. The van der Waals surface area contributed by atoms with Gasteiger partial charge in [0, 0.05) is 56.3 Å². The Kier molecular flexibility index (Phi) is 6.31. The van der Waals surface area contributed by atoms with Gasteiger partial charge >= 0.3 is 0 Å². The van der Waals surface area contributed by atoms with Crippen molar-refractivity contribution < 1.29 is 0 Å². The predicted octanol–water partition coefficient (Wildman–Crippen LogP) is 4.54. The zero-order chi connectivity index (χ0) is 18.2. The SMILES string of the molecule is CN/C=C\C=C/C/C=N/N(C)c1ccc(N2CCCC2)c2ccccc12. The normalized spacial score (nSPS) is 15.1. The quantitative estimate of drug-likeness (QED) is 0.453. The van der Waals surface area contributed by atoms with Crippen LogP contribution in [0.3, 0.4) is 0 Å². The Labute approximate surface area is 156 Å². The number of hydrogen-bond acceptors (Lipinski definition) is 4. The van der Waals surface area contributed by atoms with Gasteiger partial charge in [-0.15, -0.1) is 0 Å². The highest BCUT2D eigenvalue weighted by atomic mass is 15.4. The molecule has 0 saturated carbocycles. The smallest absolute Gasteiger partial charge is 0.0670 e. The van der Waals surface area contributed by atoms with Crippen molar-refractivity contribution in [1.82, 2.24) is 5.32 Å². The molecule has 0 radical (unpaired) electrons.